The maximum atomic E-state index is 6.18. The third-order valence-corrected chi connectivity index (χ3v) is 2.96. The van der Waals surface area contributed by atoms with Crippen LogP contribution in [-0.4, -0.2) is 14.8 Å². The van der Waals surface area contributed by atoms with E-state index in [-0.39, 0.29) is 6.04 Å². The molecule has 0 aromatic carbocycles. The van der Waals surface area contributed by atoms with Crippen molar-refractivity contribution in [2.75, 3.05) is 0 Å². The molecule has 0 aliphatic heterocycles. The van der Waals surface area contributed by atoms with Crippen LogP contribution in [0.4, 0.5) is 0 Å². The second-order valence-corrected chi connectivity index (χ2v) is 4.48. The Morgan fingerprint density at radius 3 is 2.33 bits per heavy atom. The minimum absolute atomic E-state index is 0.0152. The number of hydrogen-bond donors (Lipinski definition) is 1. The Balaban J connectivity index is 3.03. The summed E-state index contributed by atoms with van der Waals surface area (Å²) in [5, 5.41) is 8.30. The molecule has 0 fully saturated rings. The molecule has 86 valence electrons. The fraction of sp³-hybridized carbons (Fsp3) is 0.818. The van der Waals surface area contributed by atoms with Crippen LogP contribution in [0.2, 0.25) is 0 Å². The molecule has 0 unspecified atom stereocenters. The average molecular weight is 210 g/mol. The molecule has 4 heteroatoms. The lowest BCUT2D eigenvalue weighted by molar-refractivity contribution is 0.410. The Kier molecular flexibility index (Phi) is 3.85. The van der Waals surface area contributed by atoms with Gasteiger partial charge in [0, 0.05) is 6.04 Å². The van der Waals surface area contributed by atoms with Crippen molar-refractivity contribution in [3.63, 3.8) is 0 Å². The van der Waals surface area contributed by atoms with E-state index in [0.29, 0.717) is 12.0 Å². The average Bonchev–Trinajstić information content (AvgIpc) is 2.57. The quantitative estimate of drug-likeness (QED) is 0.829. The van der Waals surface area contributed by atoms with E-state index in [4.69, 9.17) is 5.73 Å². The van der Waals surface area contributed by atoms with Crippen LogP contribution in [0.15, 0.2) is 0 Å². The van der Waals surface area contributed by atoms with Gasteiger partial charge in [0.15, 0.2) is 0 Å². The summed E-state index contributed by atoms with van der Waals surface area (Å²) < 4.78 is 2.12. The number of rotatable bonds is 4. The number of hydrogen-bond acceptors (Lipinski definition) is 3. The van der Waals surface area contributed by atoms with Gasteiger partial charge in [0.2, 0.25) is 0 Å². The molecule has 1 heterocycles. The summed E-state index contributed by atoms with van der Waals surface area (Å²) in [7, 11) is 0. The van der Waals surface area contributed by atoms with Crippen LogP contribution in [0.1, 0.15) is 57.8 Å². The molecule has 0 saturated carbocycles. The lowest BCUT2D eigenvalue weighted by Crippen LogP contribution is -2.24. The van der Waals surface area contributed by atoms with Crippen molar-refractivity contribution in [2.45, 2.75) is 53.1 Å². The van der Waals surface area contributed by atoms with E-state index in [2.05, 4.69) is 42.5 Å². The smallest absolute Gasteiger partial charge is 0.150 e. The van der Waals surface area contributed by atoms with Gasteiger partial charge < -0.3 is 10.3 Å². The summed E-state index contributed by atoms with van der Waals surface area (Å²) in [6.45, 7) is 10.5. The molecule has 1 aromatic heterocycles. The van der Waals surface area contributed by atoms with Gasteiger partial charge in [0.1, 0.15) is 11.6 Å². The van der Waals surface area contributed by atoms with E-state index in [1.165, 1.54) is 0 Å². The standard InChI is InChI=1S/C11H22N4/c1-6-8(4)10(12)11-14-13-9(5)15(11)7(2)3/h7-8,10H,6,12H2,1-5H3/t8-,10-/m0/s1. The Bertz CT molecular complexity index is 316. The van der Waals surface area contributed by atoms with E-state index in [1.807, 2.05) is 6.92 Å². The summed E-state index contributed by atoms with van der Waals surface area (Å²) in [6, 6.07) is 0.351. The highest BCUT2D eigenvalue weighted by atomic mass is 15.3. The van der Waals surface area contributed by atoms with E-state index in [1.54, 1.807) is 0 Å². The Labute approximate surface area is 91.9 Å². The van der Waals surface area contributed by atoms with Crippen LogP contribution in [0, 0.1) is 12.8 Å². The molecule has 0 bridgehead atoms. The molecule has 0 spiro atoms. The maximum Gasteiger partial charge on any atom is 0.150 e. The summed E-state index contributed by atoms with van der Waals surface area (Å²) >= 11 is 0. The van der Waals surface area contributed by atoms with Crippen molar-refractivity contribution in [2.24, 2.45) is 11.7 Å². The van der Waals surface area contributed by atoms with Gasteiger partial charge in [-0.2, -0.15) is 0 Å². The lowest BCUT2D eigenvalue weighted by atomic mass is 9.99. The summed E-state index contributed by atoms with van der Waals surface area (Å²) in [4.78, 5) is 0. The topological polar surface area (TPSA) is 56.7 Å². The Hall–Kier alpha value is -0.900. The maximum absolute atomic E-state index is 6.18. The molecule has 2 N–H and O–H groups in total. The first-order valence-electron chi connectivity index (χ1n) is 5.66. The van der Waals surface area contributed by atoms with Crippen LogP contribution in [0.5, 0.6) is 0 Å². The van der Waals surface area contributed by atoms with Crippen LogP contribution in [0.25, 0.3) is 0 Å². The molecule has 1 rings (SSSR count). The van der Waals surface area contributed by atoms with Gasteiger partial charge in [-0.15, -0.1) is 10.2 Å². The van der Waals surface area contributed by atoms with Crippen LogP contribution >= 0.6 is 0 Å². The predicted molar refractivity (Wildman–Crippen MR) is 61.5 cm³/mol. The number of nitrogens with zero attached hydrogens (tertiary/aromatic N) is 3. The van der Waals surface area contributed by atoms with E-state index >= 15 is 0 Å². The zero-order chi connectivity index (χ0) is 11.6. The number of aromatic nitrogens is 3. The van der Waals surface area contributed by atoms with Crippen molar-refractivity contribution in [1.29, 1.82) is 0 Å². The molecule has 0 saturated heterocycles. The van der Waals surface area contributed by atoms with Crippen LogP contribution in [0.3, 0.4) is 0 Å². The van der Waals surface area contributed by atoms with Crippen LogP contribution < -0.4 is 5.73 Å². The largest absolute Gasteiger partial charge is 0.321 e. The van der Waals surface area contributed by atoms with Gasteiger partial charge in [-0.05, 0) is 26.7 Å². The summed E-state index contributed by atoms with van der Waals surface area (Å²) in [5.74, 6) is 2.29. The van der Waals surface area contributed by atoms with Crippen LogP contribution in [-0.2, 0) is 0 Å². The van der Waals surface area contributed by atoms with Crippen molar-refractivity contribution in [3.8, 4) is 0 Å². The zero-order valence-electron chi connectivity index (χ0n) is 10.4. The number of nitrogens with two attached hydrogens (primary N) is 1. The van der Waals surface area contributed by atoms with Gasteiger partial charge in [-0.25, -0.2) is 0 Å². The van der Waals surface area contributed by atoms with Gasteiger partial charge in [0.05, 0.1) is 6.04 Å². The van der Waals surface area contributed by atoms with E-state index in [0.717, 1.165) is 18.1 Å². The summed E-state index contributed by atoms with van der Waals surface area (Å²) in [6.07, 6.45) is 1.06. The molecule has 0 aliphatic carbocycles. The minimum atomic E-state index is -0.0152. The van der Waals surface area contributed by atoms with Gasteiger partial charge >= 0.3 is 0 Å². The second kappa shape index (κ2) is 4.75. The molecular formula is C11H22N4. The van der Waals surface area contributed by atoms with Gasteiger partial charge in [-0.1, -0.05) is 20.3 Å². The molecule has 15 heavy (non-hydrogen) atoms. The normalized spacial score (nSPS) is 15.7. The molecule has 2 atom stereocenters. The Morgan fingerprint density at radius 2 is 1.87 bits per heavy atom. The first kappa shape index (κ1) is 12.2. The highest BCUT2D eigenvalue weighted by molar-refractivity contribution is 5.02. The van der Waals surface area contributed by atoms with Crippen molar-refractivity contribution >= 4 is 0 Å². The van der Waals surface area contributed by atoms with Crippen molar-refractivity contribution in [1.82, 2.24) is 14.8 Å². The second-order valence-electron chi connectivity index (χ2n) is 4.48. The van der Waals surface area contributed by atoms with E-state index in [9.17, 15) is 0 Å². The lowest BCUT2D eigenvalue weighted by Gasteiger charge is -2.20. The molecular weight excluding hydrogens is 188 g/mol. The first-order chi connectivity index (χ1) is 6.99. The SMILES string of the molecule is CC[C@H](C)[C@H](N)c1nnc(C)n1C(C)C. The molecule has 0 aliphatic rings. The molecule has 1 aromatic rings. The predicted octanol–water partition coefficient (Wildman–Crippen LogP) is 2.21. The highest BCUT2D eigenvalue weighted by Crippen LogP contribution is 2.23. The van der Waals surface area contributed by atoms with Crippen molar-refractivity contribution < 1.29 is 0 Å². The third kappa shape index (κ3) is 2.37. The monoisotopic (exact) mass is 210 g/mol. The van der Waals surface area contributed by atoms with E-state index < -0.39 is 0 Å². The van der Waals surface area contributed by atoms with Gasteiger partial charge in [-0.3, -0.25) is 0 Å². The van der Waals surface area contributed by atoms with Crippen molar-refractivity contribution in [3.05, 3.63) is 11.6 Å². The summed E-state index contributed by atoms with van der Waals surface area (Å²) in [5.41, 5.74) is 6.18. The minimum Gasteiger partial charge on any atom is -0.321 e. The first-order valence-corrected chi connectivity index (χ1v) is 5.66. The molecule has 4 nitrogen and oxygen atoms in total. The zero-order valence-corrected chi connectivity index (χ0v) is 10.4. The highest BCUT2D eigenvalue weighted by Gasteiger charge is 2.21. The van der Waals surface area contributed by atoms with Gasteiger partial charge in [0.25, 0.3) is 0 Å². The fourth-order valence-corrected chi connectivity index (χ4v) is 1.76. The third-order valence-electron chi connectivity index (χ3n) is 2.96. The molecule has 0 amide bonds. The molecule has 0 radical (unpaired) electrons. The number of aryl methyl sites for hydroxylation is 1. The fourth-order valence-electron chi connectivity index (χ4n) is 1.76. The Morgan fingerprint density at radius 1 is 1.27 bits per heavy atom.